The Labute approximate surface area is 131 Å². The van der Waals surface area contributed by atoms with Crippen molar-refractivity contribution in [3.63, 3.8) is 0 Å². The van der Waals surface area contributed by atoms with Gasteiger partial charge in [-0.2, -0.15) is 0 Å². The zero-order chi connectivity index (χ0) is 15.6. The summed E-state index contributed by atoms with van der Waals surface area (Å²) in [5, 5.41) is 0. The van der Waals surface area contributed by atoms with E-state index in [9.17, 15) is 4.79 Å². The fraction of sp³-hybridized carbons (Fsp3) is 0.316. The molecule has 0 aromatic heterocycles. The summed E-state index contributed by atoms with van der Waals surface area (Å²) in [5.41, 5.74) is 1.92. The van der Waals surface area contributed by atoms with Crippen LogP contribution in [-0.2, 0) is 11.2 Å². The predicted molar refractivity (Wildman–Crippen MR) is 87.3 cm³/mol. The third-order valence-electron chi connectivity index (χ3n) is 3.51. The number of esters is 1. The molecule has 0 radical (unpaired) electrons. The maximum absolute atomic E-state index is 11.8. The Hall–Kier alpha value is -2.29. The summed E-state index contributed by atoms with van der Waals surface area (Å²) < 4.78 is 10.3. The predicted octanol–water partition coefficient (Wildman–Crippen LogP) is 4.27. The molecule has 0 bridgehead atoms. The number of ether oxygens (including phenoxy) is 2. The number of rotatable bonds is 8. The molecule has 0 amide bonds. The molecule has 0 heterocycles. The summed E-state index contributed by atoms with van der Waals surface area (Å²) >= 11 is 0. The lowest BCUT2D eigenvalue weighted by atomic mass is 10.1. The van der Waals surface area contributed by atoms with Crippen LogP contribution in [0.4, 0.5) is 0 Å². The number of carbonyl (C=O) groups is 1. The third-order valence-corrected chi connectivity index (χ3v) is 3.51. The molecule has 0 aliphatic carbocycles. The minimum Gasteiger partial charge on any atom is -0.497 e. The molecule has 0 aliphatic rings. The fourth-order valence-corrected chi connectivity index (χ4v) is 2.23. The van der Waals surface area contributed by atoms with Crippen molar-refractivity contribution < 1.29 is 14.3 Å². The molecule has 2 aromatic rings. The first-order chi connectivity index (χ1) is 10.8. The van der Waals surface area contributed by atoms with Gasteiger partial charge in [0.25, 0.3) is 0 Å². The lowest BCUT2D eigenvalue weighted by molar-refractivity contribution is 0.0498. The maximum atomic E-state index is 11.8. The lowest BCUT2D eigenvalue weighted by Gasteiger charge is -2.06. The van der Waals surface area contributed by atoms with Crippen molar-refractivity contribution in [2.75, 3.05) is 13.7 Å². The van der Waals surface area contributed by atoms with Crippen molar-refractivity contribution in [1.29, 1.82) is 0 Å². The Kier molecular flexibility index (Phi) is 6.49. The molecule has 3 nitrogen and oxygen atoms in total. The van der Waals surface area contributed by atoms with Crippen molar-refractivity contribution in [2.45, 2.75) is 25.7 Å². The van der Waals surface area contributed by atoms with Gasteiger partial charge >= 0.3 is 5.97 Å². The largest absolute Gasteiger partial charge is 0.497 e. The molecule has 0 atom stereocenters. The molecule has 0 N–H and O–H groups in total. The summed E-state index contributed by atoms with van der Waals surface area (Å²) in [6.07, 6.45) is 4.15. The SMILES string of the molecule is COc1ccc(C(=O)OCCCCCc2ccccc2)cc1. The highest BCUT2D eigenvalue weighted by atomic mass is 16.5. The van der Waals surface area contributed by atoms with Crippen LogP contribution in [0.15, 0.2) is 54.6 Å². The van der Waals surface area contributed by atoms with Gasteiger partial charge in [0.15, 0.2) is 0 Å². The molecule has 0 saturated heterocycles. The highest BCUT2D eigenvalue weighted by Gasteiger charge is 2.06. The number of hydrogen-bond donors (Lipinski definition) is 0. The number of carbonyl (C=O) groups excluding carboxylic acids is 1. The van der Waals surface area contributed by atoms with Crippen molar-refractivity contribution in [2.24, 2.45) is 0 Å². The second-order valence-corrected chi connectivity index (χ2v) is 5.16. The minimum absolute atomic E-state index is 0.272. The first-order valence-corrected chi connectivity index (χ1v) is 7.64. The van der Waals surface area contributed by atoms with Crippen molar-refractivity contribution in [3.05, 3.63) is 65.7 Å². The van der Waals surface area contributed by atoms with E-state index in [1.807, 2.05) is 6.07 Å². The molecule has 0 aliphatic heterocycles. The van der Waals surface area contributed by atoms with Crippen LogP contribution in [0.1, 0.15) is 35.2 Å². The zero-order valence-corrected chi connectivity index (χ0v) is 13.0. The van der Waals surface area contributed by atoms with Gasteiger partial charge in [0.05, 0.1) is 19.3 Å². The highest BCUT2D eigenvalue weighted by molar-refractivity contribution is 5.89. The molecule has 0 saturated carbocycles. The first kappa shape index (κ1) is 16.1. The Balaban J connectivity index is 1.60. The van der Waals surface area contributed by atoms with Crippen LogP contribution in [-0.4, -0.2) is 19.7 Å². The van der Waals surface area contributed by atoms with Crippen molar-refractivity contribution in [3.8, 4) is 5.75 Å². The van der Waals surface area contributed by atoms with Gasteiger partial charge in [-0.1, -0.05) is 30.3 Å². The number of unbranched alkanes of at least 4 members (excludes halogenated alkanes) is 2. The van der Waals surface area contributed by atoms with E-state index in [2.05, 4.69) is 24.3 Å². The highest BCUT2D eigenvalue weighted by Crippen LogP contribution is 2.12. The standard InChI is InChI=1S/C19H22O3/c1-21-18-13-11-17(12-14-18)19(20)22-15-7-3-6-10-16-8-4-2-5-9-16/h2,4-5,8-9,11-14H,3,6-7,10,15H2,1H3. The van der Waals surface area contributed by atoms with E-state index in [0.717, 1.165) is 31.4 Å². The fourth-order valence-electron chi connectivity index (χ4n) is 2.23. The maximum Gasteiger partial charge on any atom is 0.338 e. The van der Waals surface area contributed by atoms with Crippen LogP contribution >= 0.6 is 0 Å². The van der Waals surface area contributed by atoms with Crippen molar-refractivity contribution in [1.82, 2.24) is 0 Å². The van der Waals surface area contributed by atoms with Crippen LogP contribution in [0.5, 0.6) is 5.75 Å². The van der Waals surface area contributed by atoms with E-state index in [1.54, 1.807) is 31.4 Å². The van der Waals surface area contributed by atoms with Gasteiger partial charge in [-0.15, -0.1) is 0 Å². The van der Waals surface area contributed by atoms with E-state index in [1.165, 1.54) is 5.56 Å². The number of aryl methyl sites for hydroxylation is 1. The molecular weight excluding hydrogens is 276 g/mol. The summed E-state index contributed by atoms with van der Waals surface area (Å²) in [6, 6.07) is 17.4. The molecule has 116 valence electrons. The molecule has 0 unspecified atom stereocenters. The Morgan fingerprint density at radius 2 is 1.64 bits per heavy atom. The van der Waals surface area contributed by atoms with Crippen molar-refractivity contribution >= 4 is 5.97 Å². The van der Waals surface area contributed by atoms with Crippen LogP contribution < -0.4 is 4.74 Å². The van der Waals surface area contributed by atoms with Gasteiger partial charge in [-0.05, 0) is 55.5 Å². The van der Waals surface area contributed by atoms with Gasteiger partial charge in [-0.25, -0.2) is 4.79 Å². The lowest BCUT2D eigenvalue weighted by Crippen LogP contribution is -2.06. The van der Waals surface area contributed by atoms with Gasteiger partial charge in [0.2, 0.25) is 0 Å². The Morgan fingerprint density at radius 3 is 2.32 bits per heavy atom. The number of methoxy groups -OCH3 is 1. The first-order valence-electron chi connectivity index (χ1n) is 7.64. The zero-order valence-electron chi connectivity index (χ0n) is 13.0. The molecule has 0 spiro atoms. The number of benzene rings is 2. The normalized spacial score (nSPS) is 10.2. The summed E-state index contributed by atoms with van der Waals surface area (Å²) in [5.74, 6) is 0.461. The molecule has 22 heavy (non-hydrogen) atoms. The smallest absolute Gasteiger partial charge is 0.338 e. The average molecular weight is 298 g/mol. The molecule has 2 rings (SSSR count). The Bertz CT molecular complexity index is 561. The van der Waals surface area contributed by atoms with E-state index < -0.39 is 0 Å². The van der Waals surface area contributed by atoms with Crippen LogP contribution in [0.2, 0.25) is 0 Å². The van der Waals surface area contributed by atoms with E-state index >= 15 is 0 Å². The van der Waals surface area contributed by atoms with E-state index in [4.69, 9.17) is 9.47 Å². The summed E-state index contributed by atoms with van der Waals surface area (Å²) in [4.78, 5) is 11.8. The van der Waals surface area contributed by atoms with Gasteiger partial charge in [0, 0.05) is 0 Å². The summed E-state index contributed by atoms with van der Waals surface area (Å²) in [7, 11) is 1.60. The van der Waals surface area contributed by atoms with Crippen LogP contribution in [0, 0.1) is 0 Å². The molecular formula is C19H22O3. The van der Waals surface area contributed by atoms with Gasteiger partial charge in [-0.3, -0.25) is 0 Å². The molecule has 2 aromatic carbocycles. The second kappa shape index (κ2) is 8.88. The minimum atomic E-state index is -0.272. The average Bonchev–Trinajstić information content (AvgIpc) is 2.58. The van der Waals surface area contributed by atoms with Gasteiger partial charge in [0.1, 0.15) is 5.75 Å². The quantitative estimate of drug-likeness (QED) is 0.539. The monoisotopic (exact) mass is 298 g/mol. The molecule has 0 fully saturated rings. The van der Waals surface area contributed by atoms with E-state index in [0.29, 0.717) is 12.2 Å². The number of hydrogen-bond acceptors (Lipinski definition) is 3. The van der Waals surface area contributed by atoms with Crippen LogP contribution in [0.3, 0.4) is 0 Å². The van der Waals surface area contributed by atoms with E-state index in [-0.39, 0.29) is 5.97 Å². The molecule has 3 heteroatoms. The van der Waals surface area contributed by atoms with Gasteiger partial charge < -0.3 is 9.47 Å². The second-order valence-electron chi connectivity index (χ2n) is 5.16. The third kappa shape index (κ3) is 5.24. The topological polar surface area (TPSA) is 35.5 Å². The van der Waals surface area contributed by atoms with Crippen LogP contribution in [0.25, 0.3) is 0 Å². The summed E-state index contributed by atoms with van der Waals surface area (Å²) in [6.45, 7) is 0.472. The Morgan fingerprint density at radius 1 is 0.909 bits per heavy atom.